The smallest absolute Gasteiger partial charge is 0.125 e. The SMILES string of the molecule is Cc1cccc(C)c1OCC(O)CNCCCN(C)C. The van der Waals surface area contributed by atoms with Crippen LogP contribution in [0.2, 0.25) is 0 Å². The topological polar surface area (TPSA) is 44.7 Å². The van der Waals surface area contributed by atoms with Gasteiger partial charge in [0.25, 0.3) is 0 Å². The summed E-state index contributed by atoms with van der Waals surface area (Å²) in [5.74, 6) is 0.888. The molecule has 1 atom stereocenters. The number of ether oxygens (including phenoxy) is 1. The van der Waals surface area contributed by atoms with Crippen LogP contribution in [0.5, 0.6) is 5.75 Å². The first-order valence-electron chi connectivity index (χ1n) is 7.23. The van der Waals surface area contributed by atoms with Crippen molar-refractivity contribution in [2.24, 2.45) is 0 Å². The van der Waals surface area contributed by atoms with Crippen LogP contribution >= 0.6 is 0 Å². The number of aliphatic hydroxyl groups excluding tert-OH is 1. The van der Waals surface area contributed by atoms with Crippen molar-refractivity contribution in [2.75, 3.05) is 40.3 Å². The Morgan fingerprint density at radius 3 is 2.50 bits per heavy atom. The minimum absolute atomic E-state index is 0.326. The molecule has 0 fully saturated rings. The fourth-order valence-electron chi connectivity index (χ4n) is 2.05. The van der Waals surface area contributed by atoms with Gasteiger partial charge >= 0.3 is 0 Å². The van der Waals surface area contributed by atoms with Gasteiger partial charge in [0, 0.05) is 6.54 Å². The Bertz CT molecular complexity index is 374. The van der Waals surface area contributed by atoms with Crippen molar-refractivity contribution in [1.29, 1.82) is 0 Å². The standard InChI is InChI=1S/C16H28N2O2/c1-13-7-5-8-14(2)16(13)20-12-15(19)11-17-9-6-10-18(3)4/h5,7-8,15,17,19H,6,9-12H2,1-4H3. The van der Waals surface area contributed by atoms with Crippen molar-refractivity contribution in [2.45, 2.75) is 26.4 Å². The maximum absolute atomic E-state index is 9.90. The Morgan fingerprint density at radius 1 is 1.25 bits per heavy atom. The van der Waals surface area contributed by atoms with Gasteiger partial charge in [-0.25, -0.2) is 0 Å². The molecule has 0 saturated heterocycles. The van der Waals surface area contributed by atoms with Crippen LogP contribution in [0, 0.1) is 13.8 Å². The quantitative estimate of drug-likeness (QED) is 0.674. The van der Waals surface area contributed by atoms with Crippen molar-refractivity contribution in [3.05, 3.63) is 29.3 Å². The molecule has 2 N–H and O–H groups in total. The summed E-state index contributed by atoms with van der Waals surface area (Å²) >= 11 is 0. The lowest BCUT2D eigenvalue weighted by Gasteiger charge is -2.16. The van der Waals surface area contributed by atoms with Crippen molar-refractivity contribution < 1.29 is 9.84 Å². The molecule has 0 amide bonds. The molecule has 1 rings (SSSR count). The number of aryl methyl sites for hydroxylation is 2. The maximum atomic E-state index is 9.90. The van der Waals surface area contributed by atoms with Gasteiger partial charge in [0.2, 0.25) is 0 Å². The monoisotopic (exact) mass is 280 g/mol. The Morgan fingerprint density at radius 2 is 1.90 bits per heavy atom. The van der Waals surface area contributed by atoms with E-state index in [2.05, 4.69) is 24.3 Å². The Balaban J connectivity index is 2.21. The molecule has 114 valence electrons. The largest absolute Gasteiger partial charge is 0.490 e. The number of rotatable bonds is 9. The third kappa shape index (κ3) is 6.37. The van der Waals surface area contributed by atoms with Crippen LogP contribution in [-0.4, -0.2) is 56.4 Å². The Kier molecular flexibility index (Phi) is 7.59. The van der Waals surface area contributed by atoms with Crippen LogP contribution in [0.15, 0.2) is 18.2 Å². The van der Waals surface area contributed by atoms with Crippen molar-refractivity contribution in [1.82, 2.24) is 10.2 Å². The molecule has 0 aliphatic rings. The average Bonchev–Trinajstić information content (AvgIpc) is 2.37. The normalized spacial score (nSPS) is 12.7. The molecule has 0 radical (unpaired) electrons. The molecular formula is C16H28N2O2. The van der Waals surface area contributed by atoms with E-state index in [0.29, 0.717) is 13.2 Å². The molecule has 0 aliphatic heterocycles. The van der Waals surface area contributed by atoms with Gasteiger partial charge in [-0.2, -0.15) is 0 Å². The van der Waals surface area contributed by atoms with Crippen LogP contribution in [0.4, 0.5) is 0 Å². The number of nitrogens with zero attached hydrogens (tertiary/aromatic N) is 1. The van der Waals surface area contributed by atoms with Gasteiger partial charge in [-0.15, -0.1) is 0 Å². The van der Waals surface area contributed by atoms with E-state index in [4.69, 9.17) is 4.74 Å². The summed E-state index contributed by atoms with van der Waals surface area (Å²) in [7, 11) is 4.13. The first-order chi connectivity index (χ1) is 9.50. The van der Waals surface area contributed by atoms with Crippen molar-refractivity contribution >= 4 is 0 Å². The summed E-state index contributed by atoms with van der Waals surface area (Å²) in [6, 6.07) is 6.06. The summed E-state index contributed by atoms with van der Waals surface area (Å²) in [5, 5.41) is 13.2. The molecular weight excluding hydrogens is 252 g/mol. The highest BCUT2D eigenvalue weighted by Gasteiger charge is 2.08. The molecule has 1 aromatic rings. The minimum Gasteiger partial charge on any atom is -0.490 e. The number of benzene rings is 1. The Hall–Kier alpha value is -1.10. The third-order valence-corrected chi connectivity index (χ3v) is 3.17. The van der Waals surface area contributed by atoms with Crippen molar-refractivity contribution in [3.8, 4) is 5.75 Å². The lowest BCUT2D eigenvalue weighted by molar-refractivity contribution is 0.105. The van der Waals surface area contributed by atoms with Gasteiger partial charge in [-0.05, 0) is 58.6 Å². The van der Waals surface area contributed by atoms with E-state index in [9.17, 15) is 5.11 Å². The molecule has 4 nitrogen and oxygen atoms in total. The van der Waals surface area contributed by atoms with Gasteiger partial charge in [0.15, 0.2) is 0 Å². The summed E-state index contributed by atoms with van der Waals surface area (Å²) < 4.78 is 5.73. The molecule has 0 spiro atoms. The number of hydrogen-bond acceptors (Lipinski definition) is 4. The van der Waals surface area contributed by atoms with Gasteiger partial charge in [0.05, 0.1) is 0 Å². The molecule has 1 unspecified atom stereocenters. The van der Waals surface area contributed by atoms with E-state index < -0.39 is 6.10 Å². The maximum Gasteiger partial charge on any atom is 0.125 e. The molecule has 0 aliphatic carbocycles. The highest BCUT2D eigenvalue weighted by Crippen LogP contribution is 2.22. The molecule has 4 heteroatoms. The zero-order valence-corrected chi connectivity index (χ0v) is 13.1. The molecule has 0 aromatic heterocycles. The second-order valence-corrected chi connectivity index (χ2v) is 5.55. The van der Waals surface area contributed by atoms with Crippen LogP contribution in [-0.2, 0) is 0 Å². The van der Waals surface area contributed by atoms with E-state index in [1.807, 2.05) is 32.0 Å². The average molecular weight is 280 g/mol. The summed E-state index contributed by atoms with van der Waals surface area (Å²) in [6.07, 6.45) is 0.602. The van der Waals surface area contributed by atoms with Crippen LogP contribution in [0.25, 0.3) is 0 Å². The van der Waals surface area contributed by atoms with Gasteiger partial charge in [-0.1, -0.05) is 18.2 Å². The minimum atomic E-state index is -0.478. The van der Waals surface area contributed by atoms with E-state index in [1.165, 1.54) is 0 Å². The Labute approximate surface area is 122 Å². The van der Waals surface area contributed by atoms with E-state index in [0.717, 1.165) is 36.4 Å². The lowest BCUT2D eigenvalue weighted by Crippen LogP contribution is -2.33. The predicted octanol–water partition coefficient (Wildman–Crippen LogP) is 1.58. The van der Waals surface area contributed by atoms with E-state index in [-0.39, 0.29) is 0 Å². The van der Waals surface area contributed by atoms with Crippen LogP contribution in [0.1, 0.15) is 17.5 Å². The van der Waals surface area contributed by atoms with Crippen molar-refractivity contribution in [3.63, 3.8) is 0 Å². The zero-order chi connectivity index (χ0) is 15.0. The number of hydrogen-bond donors (Lipinski definition) is 2. The second-order valence-electron chi connectivity index (χ2n) is 5.55. The van der Waals surface area contributed by atoms with Crippen LogP contribution in [0.3, 0.4) is 0 Å². The van der Waals surface area contributed by atoms with Gasteiger partial charge in [-0.3, -0.25) is 0 Å². The first kappa shape index (κ1) is 17.0. The van der Waals surface area contributed by atoms with Crippen LogP contribution < -0.4 is 10.1 Å². The number of para-hydroxylation sites is 1. The van der Waals surface area contributed by atoms with E-state index in [1.54, 1.807) is 0 Å². The zero-order valence-electron chi connectivity index (χ0n) is 13.1. The lowest BCUT2D eigenvalue weighted by atomic mass is 10.1. The highest BCUT2D eigenvalue weighted by atomic mass is 16.5. The van der Waals surface area contributed by atoms with E-state index >= 15 is 0 Å². The van der Waals surface area contributed by atoms with Gasteiger partial charge < -0.3 is 20.1 Å². The third-order valence-electron chi connectivity index (χ3n) is 3.17. The highest BCUT2D eigenvalue weighted by molar-refractivity contribution is 5.39. The summed E-state index contributed by atoms with van der Waals surface area (Å²) in [6.45, 7) is 6.91. The second kappa shape index (κ2) is 8.95. The molecule has 0 bridgehead atoms. The fourth-order valence-corrected chi connectivity index (χ4v) is 2.05. The first-order valence-corrected chi connectivity index (χ1v) is 7.23. The molecule has 1 aromatic carbocycles. The molecule has 20 heavy (non-hydrogen) atoms. The summed E-state index contributed by atoms with van der Waals surface area (Å²) in [4.78, 5) is 2.15. The predicted molar refractivity (Wildman–Crippen MR) is 83.5 cm³/mol. The summed E-state index contributed by atoms with van der Waals surface area (Å²) in [5.41, 5.74) is 2.22. The molecule has 0 heterocycles. The fraction of sp³-hybridized carbons (Fsp3) is 0.625. The number of nitrogens with one attached hydrogen (secondary N) is 1. The molecule has 0 saturated carbocycles. The number of aliphatic hydroxyl groups is 1. The van der Waals surface area contributed by atoms with Gasteiger partial charge in [0.1, 0.15) is 18.5 Å².